The van der Waals surface area contributed by atoms with E-state index < -0.39 is 0 Å². The molecule has 2 rings (SSSR count). The molecule has 2 nitrogen and oxygen atoms in total. The first-order valence-electron chi connectivity index (χ1n) is 5.27. The topological polar surface area (TPSA) is 29.1 Å². The summed E-state index contributed by atoms with van der Waals surface area (Å²) in [6.45, 7) is 3.78. The van der Waals surface area contributed by atoms with Gasteiger partial charge in [0, 0.05) is 12.8 Å². The number of hydrogen-bond donors (Lipinski definition) is 1. The lowest BCUT2D eigenvalue weighted by atomic mass is 10.0. The number of amides is 1. The second kappa shape index (κ2) is 3.61. The highest BCUT2D eigenvalue weighted by Crippen LogP contribution is 2.51. The maximum absolute atomic E-state index is 11.2. The number of rotatable bonds is 3. The molecular formula is C11H17NOS. The Morgan fingerprint density at radius 1 is 1.64 bits per heavy atom. The van der Waals surface area contributed by atoms with Crippen LogP contribution in [0.15, 0.2) is 12.2 Å². The third-order valence-corrected chi connectivity index (χ3v) is 4.50. The van der Waals surface area contributed by atoms with Gasteiger partial charge >= 0.3 is 0 Å². The van der Waals surface area contributed by atoms with Gasteiger partial charge in [0.2, 0.25) is 5.91 Å². The van der Waals surface area contributed by atoms with Crippen molar-refractivity contribution < 1.29 is 4.79 Å². The highest BCUT2D eigenvalue weighted by molar-refractivity contribution is 8.00. The normalized spacial score (nSPS) is 39.0. The van der Waals surface area contributed by atoms with Crippen LogP contribution in [0.1, 0.15) is 26.7 Å². The van der Waals surface area contributed by atoms with Gasteiger partial charge in [0.1, 0.15) is 0 Å². The Kier molecular flexibility index (Phi) is 2.60. The van der Waals surface area contributed by atoms with Crippen molar-refractivity contribution in [3.8, 4) is 0 Å². The Morgan fingerprint density at radius 3 is 2.86 bits per heavy atom. The number of fused-ring (bicyclic) bond motifs is 2. The Balaban J connectivity index is 2.15. The van der Waals surface area contributed by atoms with E-state index >= 15 is 0 Å². The molecule has 2 bridgehead atoms. The van der Waals surface area contributed by atoms with Crippen LogP contribution in [0.5, 0.6) is 0 Å². The molecule has 3 atom stereocenters. The first-order valence-corrected chi connectivity index (χ1v) is 6.26. The zero-order valence-corrected chi connectivity index (χ0v) is 9.56. The third-order valence-electron chi connectivity index (χ3n) is 3.13. The second-order valence-corrected chi connectivity index (χ2v) is 5.79. The van der Waals surface area contributed by atoms with Crippen LogP contribution in [0, 0.1) is 11.8 Å². The molecule has 1 amide bonds. The summed E-state index contributed by atoms with van der Waals surface area (Å²) in [5.41, 5.74) is 0. The fourth-order valence-electron chi connectivity index (χ4n) is 2.71. The van der Waals surface area contributed by atoms with Crippen molar-refractivity contribution in [2.45, 2.75) is 31.6 Å². The zero-order valence-electron chi connectivity index (χ0n) is 8.75. The summed E-state index contributed by atoms with van der Waals surface area (Å²) in [7, 11) is 0. The highest BCUT2D eigenvalue weighted by atomic mass is 32.2. The SMILES string of the molecule is CCSC1(NC(C)=O)CC2C=CC1C2. The lowest BCUT2D eigenvalue weighted by Gasteiger charge is -2.35. The Labute approximate surface area is 89.5 Å². The zero-order chi connectivity index (χ0) is 10.2. The van der Waals surface area contributed by atoms with Crippen LogP contribution < -0.4 is 5.32 Å². The van der Waals surface area contributed by atoms with Crippen LogP contribution in [0.3, 0.4) is 0 Å². The molecule has 0 radical (unpaired) electrons. The molecule has 2 aliphatic rings. The van der Waals surface area contributed by atoms with Gasteiger partial charge in [-0.2, -0.15) is 0 Å². The molecular weight excluding hydrogens is 194 g/mol. The van der Waals surface area contributed by atoms with E-state index in [2.05, 4.69) is 24.4 Å². The molecule has 3 unspecified atom stereocenters. The summed E-state index contributed by atoms with van der Waals surface area (Å²) in [4.78, 5) is 11.2. The van der Waals surface area contributed by atoms with Crippen molar-refractivity contribution in [2.24, 2.45) is 11.8 Å². The molecule has 0 spiro atoms. The summed E-state index contributed by atoms with van der Waals surface area (Å²) in [6, 6.07) is 0. The van der Waals surface area contributed by atoms with E-state index in [1.54, 1.807) is 6.92 Å². The van der Waals surface area contributed by atoms with E-state index in [-0.39, 0.29) is 10.8 Å². The molecule has 0 saturated heterocycles. The first-order chi connectivity index (χ1) is 6.66. The predicted octanol–water partition coefficient (Wildman–Crippen LogP) is 2.17. The number of thioether (sulfide) groups is 1. The van der Waals surface area contributed by atoms with E-state index in [1.165, 1.54) is 6.42 Å². The number of hydrogen-bond acceptors (Lipinski definition) is 2. The van der Waals surface area contributed by atoms with Crippen LogP contribution in [-0.2, 0) is 4.79 Å². The summed E-state index contributed by atoms with van der Waals surface area (Å²) >= 11 is 1.89. The minimum Gasteiger partial charge on any atom is -0.341 e. The second-order valence-electron chi connectivity index (χ2n) is 4.19. The summed E-state index contributed by atoms with van der Waals surface area (Å²) in [5, 5.41) is 3.16. The largest absolute Gasteiger partial charge is 0.341 e. The third kappa shape index (κ3) is 1.58. The number of carbonyl (C=O) groups is 1. The molecule has 1 fully saturated rings. The van der Waals surface area contributed by atoms with Gasteiger partial charge in [-0.05, 0) is 24.5 Å². The van der Waals surface area contributed by atoms with Crippen LogP contribution in [0.25, 0.3) is 0 Å². The molecule has 3 heteroatoms. The Hall–Kier alpha value is -0.440. The maximum Gasteiger partial charge on any atom is 0.217 e. The van der Waals surface area contributed by atoms with Gasteiger partial charge < -0.3 is 5.32 Å². The molecule has 0 aromatic carbocycles. The average Bonchev–Trinajstić information content (AvgIpc) is 2.62. The van der Waals surface area contributed by atoms with Gasteiger partial charge in [-0.1, -0.05) is 19.1 Å². The van der Waals surface area contributed by atoms with Gasteiger partial charge in [0.15, 0.2) is 0 Å². The Morgan fingerprint density at radius 2 is 2.43 bits per heavy atom. The molecule has 2 aliphatic carbocycles. The smallest absolute Gasteiger partial charge is 0.217 e. The molecule has 0 aromatic rings. The van der Waals surface area contributed by atoms with Gasteiger partial charge in [0.05, 0.1) is 4.87 Å². The minimum absolute atomic E-state index is 0.0139. The molecule has 0 heterocycles. The molecule has 14 heavy (non-hydrogen) atoms. The minimum atomic E-state index is 0.0139. The van der Waals surface area contributed by atoms with Gasteiger partial charge in [-0.15, -0.1) is 11.8 Å². The summed E-state index contributed by atoms with van der Waals surface area (Å²) in [6.07, 6.45) is 6.94. The molecule has 1 saturated carbocycles. The molecule has 1 N–H and O–H groups in total. The van der Waals surface area contributed by atoms with Crippen molar-refractivity contribution in [3.05, 3.63) is 12.2 Å². The Bertz CT molecular complexity index is 276. The number of carbonyl (C=O) groups excluding carboxylic acids is 1. The van der Waals surface area contributed by atoms with Crippen molar-refractivity contribution in [1.82, 2.24) is 5.32 Å². The maximum atomic E-state index is 11.2. The van der Waals surface area contributed by atoms with Crippen LogP contribution in [0.2, 0.25) is 0 Å². The summed E-state index contributed by atoms with van der Waals surface area (Å²) < 4.78 is 0. The van der Waals surface area contributed by atoms with Gasteiger partial charge in [-0.25, -0.2) is 0 Å². The van der Waals surface area contributed by atoms with Crippen molar-refractivity contribution in [3.63, 3.8) is 0 Å². The van der Waals surface area contributed by atoms with E-state index in [0.29, 0.717) is 11.8 Å². The lowest BCUT2D eigenvalue weighted by Crippen LogP contribution is -2.48. The monoisotopic (exact) mass is 211 g/mol. The first kappa shape index (κ1) is 10.1. The van der Waals surface area contributed by atoms with E-state index in [0.717, 1.165) is 12.2 Å². The van der Waals surface area contributed by atoms with Crippen molar-refractivity contribution >= 4 is 17.7 Å². The van der Waals surface area contributed by atoms with Crippen LogP contribution >= 0.6 is 11.8 Å². The van der Waals surface area contributed by atoms with Crippen LogP contribution in [-0.4, -0.2) is 16.5 Å². The standard InChI is InChI=1S/C11H17NOS/c1-3-14-11(12-8(2)13)7-9-4-5-10(11)6-9/h4-5,9-10H,3,6-7H2,1-2H3,(H,12,13). The van der Waals surface area contributed by atoms with E-state index in [4.69, 9.17) is 0 Å². The van der Waals surface area contributed by atoms with Crippen molar-refractivity contribution in [2.75, 3.05) is 5.75 Å². The average molecular weight is 211 g/mol. The van der Waals surface area contributed by atoms with Gasteiger partial charge in [0.25, 0.3) is 0 Å². The van der Waals surface area contributed by atoms with Crippen LogP contribution in [0.4, 0.5) is 0 Å². The quantitative estimate of drug-likeness (QED) is 0.572. The van der Waals surface area contributed by atoms with Gasteiger partial charge in [-0.3, -0.25) is 4.79 Å². The molecule has 0 aliphatic heterocycles. The molecule has 0 aromatic heterocycles. The fraction of sp³-hybridized carbons (Fsp3) is 0.727. The molecule has 78 valence electrons. The number of allylic oxidation sites excluding steroid dienone is 1. The highest BCUT2D eigenvalue weighted by Gasteiger charge is 2.48. The summed E-state index contributed by atoms with van der Waals surface area (Å²) in [5.74, 6) is 2.43. The lowest BCUT2D eigenvalue weighted by molar-refractivity contribution is -0.120. The van der Waals surface area contributed by atoms with Crippen molar-refractivity contribution in [1.29, 1.82) is 0 Å². The predicted molar refractivity (Wildman–Crippen MR) is 60.0 cm³/mol. The van der Waals surface area contributed by atoms with E-state index in [1.807, 2.05) is 11.8 Å². The number of nitrogens with one attached hydrogen (secondary N) is 1. The fourth-order valence-corrected chi connectivity index (χ4v) is 4.17. The van der Waals surface area contributed by atoms with E-state index in [9.17, 15) is 4.79 Å².